The van der Waals surface area contributed by atoms with Gasteiger partial charge in [-0.25, -0.2) is 9.82 Å². The van der Waals surface area contributed by atoms with Gasteiger partial charge in [-0.1, -0.05) is 19.1 Å². The second-order valence-electron chi connectivity index (χ2n) is 6.94. The van der Waals surface area contributed by atoms with Gasteiger partial charge in [-0.2, -0.15) is 5.10 Å². The van der Waals surface area contributed by atoms with Gasteiger partial charge in [0.05, 0.1) is 6.21 Å². The summed E-state index contributed by atoms with van der Waals surface area (Å²) in [6.07, 6.45) is 4.80. The van der Waals surface area contributed by atoms with Crippen LogP contribution in [0.2, 0.25) is 0 Å². The number of carbonyl (C=O) groups is 1. The number of rotatable bonds is 3. The Morgan fingerprint density at radius 2 is 2.08 bits per heavy atom. The van der Waals surface area contributed by atoms with Gasteiger partial charge in [-0.3, -0.25) is 4.79 Å². The van der Waals surface area contributed by atoms with Crippen molar-refractivity contribution in [1.82, 2.24) is 10.4 Å². The SMILES string of the molecule is CC1CCc2[nH]c3ccc(C(=O)N/N=C\c4ccc(F)cc4)cc3c2C1. The minimum absolute atomic E-state index is 0.260. The van der Waals surface area contributed by atoms with Gasteiger partial charge in [-0.15, -0.1) is 0 Å². The van der Waals surface area contributed by atoms with E-state index < -0.39 is 0 Å². The van der Waals surface area contributed by atoms with Crippen LogP contribution in [0.3, 0.4) is 0 Å². The van der Waals surface area contributed by atoms with Crippen molar-refractivity contribution in [3.05, 3.63) is 70.7 Å². The highest BCUT2D eigenvalue weighted by atomic mass is 19.1. The molecule has 4 rings (SSSR count). The van der Waals surface area contributed by atoms with E-state index in [2.05, 4.69) is 22.4 Å². The molecule has 0 bridgehead atoms. The van der Waals surface area contributed by atoms with Crippen LogP contribution in [0, 0.1) is 11.7 Å². The number of H-pyrrole nitrogens is 1. The normalized spacial score (nSPS) is 16.8. The summed E-state index contributed by atoms with van der Waals surface area (Å²) in [5.41, 5.74) is 7.54. The van der Waals surface area contributed by atoms with E-state index in [4.69, 9.17) is 0 Å². The van der Waals surface area contributed by atoms with Gasteiger partial charge in [-0.05, 0) is 66.6 Å². The van der Waals surface area contributed by atoms with Crippen LogP contribution in [0.25, 0.3) is 10.9 Å². The summed E-state index contributed by atoms with van der Waals surface area (Å²) < 4.78 is 12.9. The predicted octanol–water partition coefficient (Wildman–Crippen LogP) is 4.20. The van der Waals surface area contributed by atoms with Crippen LogP contribution in [-0.2, 0) is 12.8 Å². The van der Waals surface area contributed by atoms with Crippen molar-refractivity contribution in [2.75, 3.05) is 0 Å². The Balaban J connectivity index is 1.53. The molecule has 0 saturated heterocycles. The zero-order valence-electron chi connectivity index (χ0n) is 14.6. The number of carbonyl (C=O) groups excluding carboxylic acids is 1. The fourth-order valence-corrected chi connectivity index (χ4v) is 3.51. The number of halogens is 1. The molecule has 5 heteroatoms. The molecule has 1 aliphatic carbocycles. The van der Waals surface area contributed by atoms with E-state index in [-0.39, 0.29) is 11.7 Å². The van der Waals surface area contributed by atoms with Gasteiger partial charge in [0, 0.05) is 22.2 Å². The third kappa shape index (κ3) is 3.25. The molecule has 0 aliphatic heterocycles. The second-order valence-corrected chi connectivity index (χ2v) is 6.94. The van der Waals surface area contributed by atoms with E-state index in [9.17, 15) is 9.18 Å². The summed E-state index contributed by atoms with van der Waals surface area (Å²) in [6.45, 7) is 2.27. The topological polar surface area (TPSA) is 57.2 Å². The van der Waals surface area contributed by atoms with E-state index in [1.807, 2.05) is 12.1 Å². The summed E-state index contributed by atoms with van der Waals surface area (Å²) >= 11 is 0. The highest BCUT2D eigenvalue weighted by Crippen LogP contribution is 2.32. The highest BCUT2D eigenvalue weighted by Gasteiger charge is 2.20. The predicted molar refractivity (Wildman–Crippen MR) is 101 cm³/mol. The summed E-state index contributed by atoms with van der Waals surface area (Å²) in [6, 6.07) is 11.6. The lowest BCUT2D eigenvalue weighted by Crippen LogP contribution is -2.17. The molecule has 1 amide bonds. The maximum Gasteiger partial charge on any atom is 0.271 e. The molecule has 3 aromatic rings. The molecule has 1 heterocycles. The number of aryl methyl sites for hydroxylation is 1. The van der Waals surface area contributed by atoms with Gasteiger partial charge in [0.2, 0.25) is 0 Å². The first kappa shape index (κ1) is 16.5. The maximum atomic E-state index is 12.9. The molecule has 0 spiro atoms. The Morgan fingerprint density at radius 3 is 2.88 bits per heavy atom. The third-order valence-electron chi connectivity index (χ3n) is 4.95. The Bertz CT molecular complexity index is 988. The van der Waals surface area contributed by atoms with E-state index in [1.54, 1.807) is 18.2 Å². The van der Waals surface area contributed by atoms with Crippen molar-refractivity contribution in [3.63, 3.8) is 0 Å². The fourth-order valence-electron chi connectivity index (χ4n) is 3.51. The minimum Gasteiger partial charge on any atom is -0.358 e. The summed E-state index contributed by atoms with van der Waals surface area (Å²) in [5.74, 6) is 0.104. The number of benzene rings is 2. The molecule has 1 aliphatic rings. The van der Waals surface area contributed by atoms with Crippen LogP contribution in [0.5, 0.6) is 0 Å². The highest BCUT2D eigenvalue weighted by molar-refractivity contribution is 5.99. The van der Waals surface area contributed by atoms with E-state index >= 15 is 0 Å². The van der Waals surface area contributed by atoms with Crippen molar-refractivity contribution in [2.24, 2.45) is 11.0 Å². The molecule has 132 valence electrons. The molecule has 0 saturated carbocycles. The van der Waals surface area contributed by atoms with Gasteiger partial charge >= 0.3 is 0 Å². The van der Waals surface area contributed by atoms with Crippen molar-refractivity contribution >= 4 is 23.0 Å². The van der Waals surface area contributed by atoms with E-state index in [1.165, 1.54) is 36.0 Å². The van der Waals surface area contributed by atoms with Crippen molar-refractivity contribution < 1.29 is 9.18 Å². The average Bonchev–Trinajstić information content (AvgIpc) is 3.00. The zero-order valence-corrected chi connectivity index (χ0v) is 14.6. The number of hydrogen-bond donors (Lipinski definition) is 2. The fraction of sp³-hybridized carbons (Fsp3) is 0.238. The van der Waals surface area contributed by atoms with Crippen molar-refractivity contribution in [2.45, 2.75) is 26.2 Å². The molecule has 0 radical (unpaired) electrons. The van der Waals surface area contributed by atoms with Crippen molar-refractivity contribution in [1.29, 1.82) is 0 Å². The summed E-state index contributed by atoms with van der Waals surface area (Å²) in [4.78, 5) is 15.9. The van der Waals surface area contributed by atoms with Crippen molar-refractivity contribution in [3.8, 4) is 0 Å². The van der Waals surface area contributed by atoms with Crippen LogP contribution in [0.4, 0.5) is 4.39 Å². The standard InChI is InChI=1S/C21H20FN3O/c1-13-2-8-19-17(10-13)18-11-15(5-9-20(18)24-19)21(26)25-23-12-14-3-6-16(22)7-4-14/h3-7,9,11-13,24H,2,8,10H2,1H3,(H,25,26)/b23-12-. The second kappa shape index (κ2) is 6.75. The number of hydrogen-bond acceptors (Lipinski definition) is 2. The Hall–Kier alpha value is -2.95. The van der Waals surface area contributed by atoms with Crippen LogP contribution in [0.1, 0.15) is 40.5 Å². The average molecular weight is 349 g/mol. The Morgan fingerprint density at radius 1 is 1.27 bits per heavy atom. The molecular formula is C21H20FN3O. The number of aromatic amines is 1. The smallest absolute Gasteiger partial charge is 0.271 e. The summed E-state index contributed by atoms with van der Waals surface area (Å²) in [7, 11) is 0. The van der Waals surface area contributed by atoms with E-state index in [0.29, 0.717) is 11.5 Å². The Kier molecular flexibility index (Phi) is 4.29. The summed E-state index contributed by atoms with van der Waals surface area (Å²) in [5, 5.41) is 5.09. The largest absolute Gasteiger partial charge is 0.358 e. The number of hydrazone groups is 1. The first-order valence-corrected chi connectivity index (χ1v) is 8.82. The molecule has 26 heavy (non-hydrogen) atoms. The number of aromatic nitrogens is 1. The molecule has 4 nitrogen and oxygen atoms in total. The molecule has 1 unspecified atom stereocenters. The van der Waals surface area contributed by atoms with Gasteiger partial charge < -0.3 is 4.98 Å². The Labute approximate surface area is 151 Å². The molecule has 1 aromatic heterocycles. The lowest BCUT2D eigenvalue weighted by molar-refractivity contribution is 0.0955. The van der Waals surface area contributed by atoms with Crippen LogP contribution < -0.4 is 5.43 Å². The number of fused-ring (bicyclic) bond motifs is 3. The molecule has 1 atom stereocenters. The molecule has 0 fully saturated rings. The lowest BCUT2D eigenvalue weighted by Gasteiger charge is -2.18. The van der Waals surface area contributed by atoms with Gasteiger partial charge in [0.1, 0.15) is 5.82 Å². The lowest BCUT2D eigenvalue weighted by atomic mass is 9.87. The molecule has 2 aromatic carbocycles. The van der Waals surface area contributed by atoms with E-state index in [0.717, 1.165) is 29.3 Å². The zero-order chi connectivity index (χ0) is 18.1. The van der Waals surface area contributed by atoms with Crippen LogP contribution in [-0.4, -0.2) is 17.1 Å². The number of nitrogens with one attached hydrogen (secondary N) is 2. The molecular weight excluding hydrogens is 329 g/mol. The van der Waals surface area contributed by atoms with Gasteiger partial charge in [0.25, 0.3) is 5.91 Å². The van der Waals surface area contributed by atoms with Crippen LogP contribution in [0.15, 0.2) is 47.6 Å². The number of nitrogens with zero attached hydrogens (tertiary/aromatic N) is 1. The molecule has 2 N–H and O–H groups in total. The monoisotopic (exact) mass is 349 g/mol. The third-order valence-corrected chi connectivity index (χ3v) is 4.95. The minimum atomic E-state index is -0.302. The number of amides is 1. The maximum absolute atomic E-state index is 12.9. The first-order chi connectivity index (χ1) is 12.6. The van der Waals surface area contributed by atoms with Gasteiger partial charge in [0.15, 0.2) is 0 Å². The first-order valence-electron chi connectivity index (χ1n) is 8.82. The van der Waals surface area contributed by atoms with Crippen LogP contribution >= 0.6 is 0 Å². The quantitative estimate of drug-likeness (QED) is 0.540.